The van der Waals surface area contributed by atoms with E-state index in [1.165, 1.54) is 0 Å². The van der Waals surface area contributed by atoms with Crippen LogP contribution in [0.5, 0.6) is 0 Å². The van der Waals surface area contributed by atoms with Crippen LogP contribution in [-0.2, 0) is 4.74 Å². The van der Waals surface area contributed by atoms with E-state index in [2.05, 4.69) is 5.32 Å². The Morgan fingerprint density at radius 2 is 2.31 bits per heavy atom. The summed E-state index contributed by atoms with van der Waals surface area (Å²) in [5.74, 6) is 0. The van der Waals surface area contributed by atoms with Gasteiger partial charge in [0.15, 0.2) is 11.3 Å². The Morgan fingerprint density at radius 3 is 3.00 bits per heavy atom. The molecule has 2 rings (SSSR count). The monoisotopic (exact) mass is 256 g/mol. The maximum atomic E-state index is 6.15. The van der Waals surface area contributed by atoms with E-state index in [9.17, 15) is 0 Å². The molecule has 1 saturated heterocycles. The van der Waals surface area contributed by atoms with E-state index in [4.69, 9.17) is 28.6 Å². The average molecular weight is 257 g/mol. The third-order valence-corrected chi connectivity index (χ3v) is 3.32. The largest absolute Gasteiger partial charge is 0.366 e. The number of halogens is 1. The highest BCUT2D eigenvalue weighted by molar-refractivity contribution is 7.80. The van der Waals surface area contributed by atoms with E-state index in [-0.39, 0.29) is 6.23 Å². The summed E-state index contributed by atoms with van der Waals surface area (Å²) < 4.78 is 5.67. The second-order valence-electron chi connectivity index (χ2n) is 3.49. The van der Waals surface area contributed by atoms with Gasteiger partial charge in [0.2, 0.25) is 0 Å². The van der Waals surface area contributed by atoms with Gasteiger partial charge in [0.25, 0.3) is 0 Å². The molecule has 0 amide bonds. The maximum absolute atomic E-state index is 6.15. The molecule has 1 unspecified atom stereocenters. The van der Waals surface area contributed by atoms with Crippen molar-refractivity contribution in [2.24, 2.45) is 0 Å². The van der Waals surface area contributed by atoms with Crippen molar-refractivity contribution >= 4 is 28.9 Å². The zero-order chi connectivity index (χ0) is 11.5. The molecule has 0 saturated carbocycles. The minimum Gasteiger partial charge on any atom is -0.366 e. The molecule has 1 aromatic rings. The first-order valence-corrected chi connectivity index (χ1v) is 5.87. The number of nitrogens with one attached hydrogen (secondary N) is 1. The topological polar surface area (TPSA) is 24.5 Å². The second kappa shape index (κ2) is 4.99. The van der Waals surface area contributed by atoms with Gasteiger partial charge in [-0.15, -0.1) is 0 Å². The van der Waals surface area contributed by atoms with E-state index in [0.29, 0.717) is 16.7 Å². The SMILES string of the molecule is CNC(=S)N1CCOC1c1ccccc1Cl. The average Bonchev–Trinajstić information content (AvgIpc) is 2.77. The molecule has 1 aliphatic heterocycles. The van der Waals surface area contributed by atoms with Crippen molar-refractivity contribution in [1.82, 2.24) is 10.2 Å². The third kappa shape index (κ3) is 2.14. The summed E-state index contributed by atoms with van der Waals surface area (Å²) in [5, 5.41) is 4.35. The molecule has 0 spiro atoms. The van der Waals surface area contributed by atoms with Gasteiger partial charge in [-0.05, 0) is 18.3 Å². The normalized spacial score (nSPS) is 19.9. The number of ether oxygens (including phenoxy) is 1. The minimum absolute atomic E-state index is 0.173. The molecule has 3 nitrogen and oxygen atoms in total. The summed E-state index contributed by atoms with van der Waals surface area (Å²) >= 11 is 11.4. The summed E-state index contributed by atoms with van der Waals surface area (Å²) in [6.45, 7) is 1.45. The number of rotatable bonds is 1. The van der Waals surface area contributed by atoms with Crippen molar-refractivity contribution in [2.75, 3.05) is 20.2 Å². The summed E-state index contributed by atoms with van der Waals surface area (Å²) in [6, 6.07) is 7.67. The van der Waals surface area contributed by atoms with Crippen molar-refractivity contribution in [3.63, 3.8) is 0 Å². The smallest absolute Gasteiger partial charge is 0.171 e. The molecular weight excluding hydrogens is 244 g/mol. The highest BCUT2D eigenvalue weighted by Crippen LogP contribution is 2.31. The maximum Gasteiger partial charge on any atom is 0.171 e. The highest BCUT2D eigenvalue weighted by atomic mass is 35.5. The fraction of sp³-hybridized carbons (Fsp3) is 0.364. The van der Waals surface area contributed by atoms with Crippen LogP contribution in [0, 0.1) is 0 Å². The lowest BCUT2D eigenvalue weighted by Crippen LogP contribution is -2.37. The molecule has 0 bridgehead atoms. The van der Waals surface area contributed by atoms with Crippen molar-refractivity contribution < 1.29 is 4.74 Å². The Balaban J connectivity index is 2.27. The molecule has 1 aromatic carbocycles. The molecule has 0 radical (unpaired) electrons. The molecule has 1 N–H and O–H groups in total. The van der Waals surface area contributed by atoms with Gasteiger partial charge in [0, 0.05) is 24.2 Å². The van der Waals surface area contributed by atoms with Gasteiger partial charge >= 0.3 is 0 Å². The lowest BCUT2D eigenvalue weighted by molar-refractivity contribution is 0.0632. The van der Waals surface area contributed by atoms with Gasteiger partial charge in [-0.25, -0.2) is 0 Å². The molecule has 1 heterocycles. The quantitative estimate of drug-likeness (QED) is 0.779. The number of benzene rings is 1. The molecule has 0 aromatic heterocycles. The molecule has 5 heteroatoms. The summed E-state index contributed by atoms with van der Waals surface area (Å²) in [7, 11) is 1.81. The lowest BCUT2D eigenvalue weighted by Gasteiger charge is -2.25. The Bertz CT molecular complexity index is 399. The number of hydrogen-bond donors (Lipinski definition) is 1. The first kappa shape index (κ1) is 11.6. The molecule has 1 atom stereocenters. The van der Waals surface area contributed by atoms with Crippen LogP contribution < -0.4 is 5.32 Å². The van der Waals surface area contributed by atoms with Gasteiger partial charge in [-0.2, -0.15) is 0 Å². The van der Waals surface area contributed by atoms with Gasteiger partial charge in [0.05, 0.1) is 6.61 Å². The van der Waals surface area contributed by atoms with E-state index >= 15 is 0 Å². The molecule has 1 aliphatic rings. The molecular formula is C11H13ClN2OS. The van der Waals surface area contributed by atoms with Crippen LogP contribution in [0.4, 0.5) is 0 Å². The van der Waals surface area contributed by atoms with Crippen molar-refractivity contribution in [3.8, 4) is 0 Å². The van der Waals surface area contributed by atoms with E-state index < -0.39 is 0 Å². The van der Waals surface area contributed by atoms with Crippen LogP contribution in [0.2, 0.25) is 5.02 Å². The van der Waals surface area contributed by atoms with Crippen LogP contribution in [-0.4, -0.2) is 30.2 Å². The van der Waals surface area contributed by atoms with Gasteiger partial charge in [-0.1, -0.05) is 29.8 Å². The van der Waals surface area contributed by atoms with Gasteiger partial charge in [0.1, 0.15) is 0 Å². The van der Waals surface area contributed by atoms with E-state index in [1.807, 2.05) is 36.2 Å². The molecule has 16 heavy (non-hydrogen) atoms. The number of nitrogens with zero attached hydrogens (tertiary/aromatic N) is 1. The standard InChI is InChI=1S/C11H13ClN2OS/c1-13-11(16)14-6-7-15-10(14)8-4-2-3-5-9(8)12/h2-5,10H,6-7H2,1H3,(H,13,16). The summed E-state index contributed by atoms with van der Waals surface area (Å²) in [5.41, 5.74) is 0.958. The Hall–Kier alpha value is -0.840. The third-order valence-electron chi connectivity index (χ3n) is 2.54. The summed E-state index contributed by atoms with van der Waals surface area (Å²) in [4.78, 5) is 2.00. The first-order chi connectivity index (χ1) is 7.74. The van der Waals surface area contributed by atoms with Crippen LogP contribution >= 0.6 is 23.8 Å². The second-order valence-corrected chi connectivity index (χ2v) is 4.29. The van der Waals surface area contributed by atoms with Crippen molar-refractivity contribution in [2.45, 2.75) is 6.23 Å². The molecule has 1 fully saturated rings. The summed E-state index contributed by atoms with van der Waals surface area (Å²) in [6.07, 6.45) is -0.173. The Labute approximate surface area is 105 Å². The zero-order valence-electron chi connectivity index (χ0n) is 8.94. The Morgan fingerprint density at radius 1 is 1.56 bits per heavy atom. The van der Waals surface area contributed by atoms with Gasteiger partial charge in [-0.3, -0.25) is 0 Å². The van der Waals surface area contributed by atoms with E-state index in [0.717, 1.165) is 12.1 Å². The fourth-order valence-electron chi connectivity index (χ4n) is 1.75. The fourth-order valence-corrected chi connectivity index (χ4v) is 2.17. The zero-order valence-corrected chi connectivity index (χ0v) is 10.5. The minimum atomic E-state index is -0.173. The van der Waals surface area contributed by atoms with Crippen molar-refractivity contribution in [1.29, 1.82) is 0 Å². The predicted octanol–water partition coefficient (Wildman–Crippen LogP) is 2.18. The molecule has 0 aliphatic carbocycles. The predicted molar refractivity (Wildman–Crippen MR) is 68.5 cm³/mol. The number of thiocarbonyl (C=S) groups is 1. The van der Waals surface area contributed by atoms with Crippen molar-refractivity contribution in [3.05, 3.63) is 34.9 Å². The lowest BCUT2D eigenvalue weighted by atomic mass is 10.2. The highest BCUT2D eigenvalue weighted by Gasteiger charge is 2.29. The van der Waals surface area contributed by atoms with Gasteiger partial charge < -0.3 is 15.0 Å². The van der Waals surface area contributed by atoms with Crippen LogP contribution in [0.3, 0.4) is 0 Å². The first-order valence-electron chi connectivity index (χ1n) is 5.08. The van der Waals surface area contributed by atoms with E-state index in [1.54, 1.807) is 0 Å². The Kier molecular flexibility index (Phi) is 3.63. The van der Waals surface area contributed by atoms with Crippen LogP contribution in [0.1, 0.15) is 11.8 Å². The number of hydrogen-bond acceptors (Lipinski definition) is 2. The van der Waals surface area contributed by atoms with Crippen LogP contribution in [0.15, 0.2) is 24.3 Å². The van der Waals surface area contributed by atoms with Crippen LogP contribution in [0.25, 0.3) is 0 Å². The molecule has 86 valence electrons.